The molecule has 0 radical (unpaired) electrons. The number of aliphatic imine (C=N–C) groups is 1. The molecule has 1 saturated carbocycles. The fourth-order valence-electron chi connectivity index (χ4n) is 4.61. The summed E-state index contributed by atoms with van der Waals surface area (Å²) < 4.78 is 5.42. The Morgan fingerprint density at radius 1 is 1.00 bits per heavy atom. The van der Waals surface area contributed by atoms with Crippen LogP contribution in [0.2, 0.25) is 0 Å². The highest BCUT2D eigenvalue weighted by atomic mass is 32.2. The van der Waals surface area contributed by atoms with Crippen molar-refractivity contribution in [3.8, 4) is 5.75 Å². The lowest BCUT2D eigenvalue weighted by molar-refractivity contribution is -0.124. The van der Waals surface area contributed by atoms with Gasteiger partial charge in [0.15, 0.2) is 5.17 Å². The number of hydrogen-bond acceptors (Lipinski definition) is 6. The molecule has 5 rings (SSSR count). The molecule has 0 unspecified atom stereocenters. The van der Waals surface area contributed by atoms with Crippen LogP contribution in [-0.4, -0.2) is 36.2 Å². The molecule has 0 N–H and O–H groups in total. The first kappa shape index (κ1) is 22.4. The summed E-state index contributed by atoms with van der Waals surface area (Å²) in [5.41, 5.74) is 4.43. The molecule has 0 spiro atoms. The predicted molar refractivity (Wildman–Crippen MR) is 139 cm³/mol. The van der Waals surface area contributed by atoms with E-state index in [4.69, 9.17) is 9.73 Å². The molecule has 1 saturated heterocycles. The van der Waals surface area contributed by atoms with Gasteiger partial charge in [0.05, 0.1) is 23.5 Å². The molecule has 2 fully saturated rings. The number of ether oxygens (including phenoxy) is 1. The fraction of sp³-hybridized carbons (Fsp3) is 0.385. The van der Waals surface area contributed by atoms with Gasteiger partial charge >= 0.3 is 0 Å². The van der Waals surface area contributed by atoms with Crippen molar-refractivity contribution < 1.29 is 9.53 Å². The van der Waals surface area contributed by atoms with Crippen LogP contribution in [0.4, 0.5) is 11.4 Å². The third-order valence-corrected chi connectivity index (χ3v) is 9.11. The van der Waals surface area contributed by atoms with Gasteiger partial charge < -0.3 is 9.64 Å². The van der Waals surface area contributed by atoms with Crippen LogP contribution in [0, 0.1) is 13.8 Å². The van der Waals surface area contributed by atoms with Gasteiger partial charge in [0, 0.05) is 24.1 Å². The zero-order valence-electron chi connectivity index (χ0n) is 19.6. The normalized spacial score (nSPS) is 22.4. The number of nitrogens with zero attached hydrogens (tertiary/aromatic N) is 3. The minimum absolute atomic E-state index is 0.0867. The quantitative estimate of drug-likeness (QED) is 0.463. The molecule has 0 atom stereocenters. The van der Waals surface area contributed by atoms with Crippen molar-refractivity contribution in [2.75, 3.05) is 19.1 Å². The first-order valence-electron chi connectivity index (χ1n) is 11.5. The van der Waals surface area contributed by atoms with E-state index in [1.54, 1.807) is 18.9 Å². The maximum atomic E-state index is 13.8. The molecule has 5 nitrogen and oxygen atoms in total. The number of rotatable bonds is 3. The van der Waals surface area contributed by atoms with Crippen molar-refractivity contribution in [1.82, 2.24) is 4.90 Å². The monoisotopic (exact) mass is 479 g/mol. The SMILES string of the molecule is COc1ccc2c(c1)N(C)C(=C1SC(=Nc3ccc(C)c(C)c3)N(C3CCCCC3)C1=O)S2. The number of methoxy groups -OCH3 is 1. The zero-order valence-corrected chi connectivity index (χ0v) is 21.2. The summed E-state index contributed by atoms with van der Waals surface area (Å²) in [6.45, 7) is 4.21. The molecular weight excluding hydrogens is 450 g/mol. The molecule has 2 heterocycles. The van der Waals surface area contributed by atoms with E-state index in [1.165, 1.54) is 42.2 Å². The van der Waals surface area contributed by atoms with Gasteiger partial charge in [0.1, 0.15) is 10.7 Å². The van der Waals surface area contributed by atoms with Gasteiger partial charge in [-0.25, -0.2) is 4.99 Å². The van der Waals surface area contributed by atoms with Crippen molar-refractivity contribution >= 4 is 46.0 Å². The number of anilines is 1. The van der Waals surface area contributed by atoms with Crippen molar-refractivity contribution in [3.63, 3.8) is 0 Å². The highest BCUT2D eigenvalue weighted by molar-refractivity contribution is 8.19. The Balaban J connectivity index is 1.55. The largest absolute Gasteiger partial charge is 0.497 e. The number of amidine groups is 1. The van der Waals surface area contributed by atoms with E-state index in [9.17, 15) is 4.79 Å². The van der Waals surface area contributed by atoms with Crippen molar-refractivity contribution in [1.29, 1.82) is 0 Å². The topological polar surface area (TPSA) is 45.1 Å². The lowest BCUT2D eigenvalue weighted by Gasteiger charge is -2.30. The molecule has 0 aromatic heterocycles. The molecule has 2 aliphatic heterocycles. The lowest BCUT2D eigenvalue weighted by Crippen LogP contribution is -2.40. The Hall–Kier alpha value is -2.38. The predicted octanol–water partition coefficient (Wildman–Crippen LogP) is 6.62. The number of hydrogen-bond donors (Lipinski definition) is 0. The Morgan fingerprint density at radius 2 is 1.79 bits per heavy atom. The minimum Gasteiger partial charge on any atom is -0.497 e. The summed E-state index contributed by atoms with van der Waals surface area (Å²) in [6.07, 6.45) is 5.67. The maximum Gasteiger partial charge on any atom is 0.269 e. The summed E-state index contributed by atoms with van der Waals surface area (Å²) in [5.74, 6) is 0.905. The second-order valence-corrected chi connectivity index (χ2v) is 10.9. The average Bonchev–Trinajstić information content (AvgIpc) is 3.32. The number of carbonyl (C=O) groups excluding carboxylic acids is 1. The van der Waals surface area contributed by atoms with Crippen molar-refractivity contribution in [3.05, 3.63) is 57.5 Å². The van der Waals surface area contributed by atoms with E-state index in [0.717, 1.165) is 50.0 Å². The fourth-order valence-corrected chi connectivity index (χ4v) is 7.00. The van der Waals surface area contributed by atoms with Gasteiger partial charge in [-0.2, -0.15) is 0 Å². The van der Waals surface area contributed by atoms with E-state index in [2.05, 4.69) is 36.9 Å². The van der Waals surface area contributed by atoms with Gasteiger partial charge in [-0.05, 0) is 73.8 Å². The van der Waals surface area contributed by atoms with E-state index >= 15 is 0 Å². The highest BCUT2D eigenvalue weighted by Gasteiger charge is 2.42. The summed E-state index contributed by atoms with van der Waals surface area (Å²) in [7, 11) is 3.70. The van der Waals surface area contributed by atoms with Crippen molar-refractivity contribution in [2.24, 2.45) is 4.99 Å². The molecular formula is C26H29N3O2S2. The summed E-state index contributed by atoms with van der Waals surface area (Å²) >= 11 is 3.17. The minimum atomic E-state index is 0.0867. The van der Waals surface area contributed by atoms with Crippen LogP contribution in [-0.2, 0) is 4.79 Å². The number of fused-ring (bicyclic) bond motifs is 1. The van der Waals surface area contributed by atoms with Crippen LogP contribution in [0.5, 0.6) is 5.75 Å². The summed E-state index contributed by atoms with van der Waals surface area (Å²) in [5, 5.41) is 1.78. The first-order chi connectivity index (χ1) is 16.0. The molecule has 1 amide bonds. The Labute approximate surface area is 204 Å². The van der Waals surface area contributed by atoms with E-state index in [1.807, 2.05) is 30.1 Å². The Morgan fingerprint density at radius 3 is 2.52 bits per heavy atom. The average molecular weight is 480 g/mol. The second-order valence-electron chi connectivity index (χ2n) is 8.86. The zero-order chi connectivity index (χ0) is 23.1. The van der Waals surface area contributed by atoms with Gasteiger partial charge in [-0.15, -0.1) is 0 Å². The standard InChI is InChI=1S/C26H29N3O2S2/c1-16-10-11-18(14-17(16)2)27-26-29(19-8-6-5-7-9-19)24(30)23(33-26)25-28(3)21-15-20(31-4)12-13-22(21)32-25/h10-15,19H,5-9H2,1-4H3. The van der Waals surface area contributed by atoms with Gasteiger partial charge in [0.25, 0.3) is 5.91 Å². The molecule has 2 aromatic carbocycles. The number of thioether (sulfide) groups is 2. The molecule has 3 aliphatic rings. The van der Waals surface area contributed by atoms with Crippen molar-refractivity contribution in [2.45, 2.75) is 56.9 Å². The van der Waals surface area contributed by atoms with Crippen LogP contribution in [0.25, 0.3) is 0 Å². The number of aryl methyl sites for hydroxylation is 2. The second kappa shape index (κ2) is 9.11. The van der Waals surface area contributed by atoms with Gasteiger partial charge in [-0.3, -0.25) is 9.69 Å². The molecule has 7 heteroatoms. The van der Waals surface area contributed by atoms with Crippen LogP contribution in [0.15, 0.2) is 56.2 Å². The van der Waals surface area contributed by atoms with Gasteiger partial charge in [-0.1, -0.05) is 37.1 Å². The third kappa shape index (κ3) is 4.17. The van der Waals surface area contributed by atoms with E-state index in [-0.39, 0.29) is 11.9 Å². The summed E-state index contributed by atoms with van der Waals surface area (Å²) in [6, 6.07) is 12.5. The Kier molecular flexibility index (Phi) is 6.18. The lowest BCUT2D eigenvalue weighted by atomic mass is 9.94. The maximum absolute atomic E-state index is 13.8. The van der Waals surface area contributed by atoms with E-state index in [0.29, 0.717) is 0 Å². The molecule has 1 aliphatic carbocycles. The molecule has 172 valence electrons. The highest BCUT2D eigenvalue weighted by Crippen LogP contribution is 2.51. The van der Waals surface area contributed by atoms with Crippen LogP contribution in [0.1, 0.15) is 43.2 Å². The summed E-state index contributed by atoms with van der Waals surface area (Å²) in [4.78, 5) is 24.8. The van der Waals surface area contributed by atoms with E-state index < -0.39 is 0 Å². The number of carbonyl (C=O) groups is 1. The smallest absolute Gasteiger partial charge is 0.269 e. The number of benzene rings is 2. The third-order valence-electron chi connectivity index (χ3n) is 6.70. The molecule has 2 aromatic rings. The molecule has 33 heavy (non-hydrogen) atoms. The Bertz CT molecular complexity index is 1170. The first-order valence-corrected chi connectivity index (χ1v) is 13.1. The van der Waals surface area contributed by atoms with Gasteiger partial charge in [0.2, 0.25) is 0 Å². The number of amides is 1. The van der Waals surface area contributed by atoms with Crippen LogP contribution in [0.3, 0.4) is 0 Å². The molecule has 0 bridgehead atoms. The van der Waals surface area contributed by atoms with Crippen LogP contribution >= 0.6 is 23.5 Å². The van der Waals surface area contributed by atoms with Crippen LogP contribution < -0.4 is 9.64 Å².